The third-order valence-corrected chi connectivity index (χ3v) is 3.18. The van der Waals surface area contributed by atoms with Gasteiger partial charge in [-0.05, 0) is 12.8 Å². The topological polar surface area (TPSA) is 55.6 Å². The van der Waals surface area contributed by atoms with Crippen LogP contribution in [-0.4, -0.2) is 49.3 Å². The zero-order chi connectivity index (χ0) is 14.3. The highest BCUT2D eigenvalue weighted by Gasteiger charge is 2.28. The van der Waals surface area contributed by atoms with Gasteiger partial charge in [0, 0.05) is 19.1 Å². The first-order valence-electron chi connectivity index (χ1n) is 6.58. The van der Waals surface area contributed by atoms with Gasteiger partial charge in [-0.2, -0.15) is 13.2 Å². The molecule has 1 rings (SSSR count). The zero-order valence-corrected chi connectivity index (χ0v) is 10.9. The SMILES string of the molecule is NCCN(C(=O)CCOCC(F)(F)F)C1CCCC1. The Morgan fingerprint density at radius 3 is 2.47 bits per heavy atom. The van der Waals surface area contributed by atoms with Gasteiger partial charge in [-0.25, -0.2) is 0 Å². The summed E-state index contributed by atoms with van der Waals surface area (Å²) in [7, 11) is 0. The predicted octanol–water partition coefficient (Wildman–Crippen LogP) is 1.69. The summed E-state index contributed by atoms with van der Waals surface area (Å²) in [6.07, 6.45) is -0.282. The monoisotopic (exact) mass is 282 g/mol. The Balaban J connectivity index is 2.31. The summed E-state index contributed by atoms with van der Waals surface area (Å²) in [5, 5.41) is 0. The lowest BCUT2D eigenvalue weighted by atomic mass is 10.2. The van der Waals surface area contributed by atoms with E-state index in [1.807, 2.05) is 0 Å². The maximum Gasteiger partial charge on any atom is 0.411 e. The number of alkyl halides is 3. The molecule has 0 atom stereocenters. The third-order valence-electron chi connectivity index (χ3n) is 3.18. The van der Waals surface area contributed by atoms with Crippen molar-refractivity contribution in [1.82, 2.24) is 4.90 Å². The number of amides is 1. The zero-order valence-electron chi connectivity index (χ0n) is 10.9. The number of ether oxygens (including phenoxy) is 1. The van der Waals surface area contributed by atoms with E-state index in [0.717, 1.165) is 25.7 Å². The molecule has 0 radical (unpaired) electrons. The van der Waals surface area contributed by atoms with Crippen LogP contribution in [-0.2, 0) is 9.53 Å². The number of hydrogen-bond donors (Lipinski definition) is 1. The molecule has 1 fully saturated rings. The number of hydrogen-bond acceptors (Lipinski definition) is 3. The molecule has 0 spiro atoms. The Labute approximate surface area is 111 Å². The Hall–Kier alpha value is -0.820. The first-order chi connectivity index (χ1) is 8.94. The van der Waals surface area contributed by atoms with Crippen molar-refractivity contribution in [3.63, 3.8) is 0 Å². The Bertz CT molecular complexity index is 279. The summed E-state index contributed by atoms with van der Waals surface area (Å²) in [6.45, 7) is -0.679. The molecule has 112 valence electrons. The maximum atomic E-state index is 12.0. The molecule has 2 N–H and O–H groups in total. The molecule has 1 amide bonds. The largest absolute Gasteiger partial charge is 0.411 e. The lowest BCUT2D eigenvalue weighted by Crippen LogP contribution is -2.42. The normalized spacial score (nSPS) is 16.8. The maximum absolute atomic E-state index is 12.0. The van der Waals surface area contributed by atoms with E-state index < -0.39 is 12.8 Å². The Kier molecular flexibility index (Phi) is 6.57. The summed E-state index contributed by atoms with van der Waals surface area (Å²) >= 11 is 0. The minimum absolute atomic E-state index is 0.0212. The molecule has 1 saturated carbocycles. The summed E-state index contributed by atoms with van der Waals surface area (Å²) in [6, 6.07) is 0.193. The van der Waals surface area contributed by atoms with E-state index in [1.54, 1.807) is 4.90 Å². The van der Waals surface area contributed by atoms with Crippen LogP contribution in [0, 0.1) is 0 Å². The molecule has 0 aromatic carbocycles. The van der Waals surface area contributed by atoms with E-state index >= 15 is 0 Å². The number of carbonyl (C=O) groups is 1. The van der Waals surface area contributed by atoms with Crippen molar-refractivity contribution >= 4 is 5.91 Å². The van der Waals surface area contributed by atoms with Gasteiger partial charge in [0.2, 0.25) is 5.91 Å². The van der Waals surface area contributed by atoms with Crippen LogP contribution in [0.5, 0.6) is 0 Å². The third kappa shape index (κ3) is 6.24. The van der Waals surface area contributed by atoms with Crippen LogP contribution in [0.15, 0.2) is 0 Å². The molecule has 0 aliphatic heterocycles. The molecular formula is C12H21F3N2O2. The highest BCUT2D eigenvalue weighted by molar-refractivity contribution is 5.76. The number of halogens is 3. The number of rotatable bonds is 7. The quantitative estimate of drug-likeness (QED) is 0.723. The van der Waals surface area contributed by atoms with Crippen LogP contribution in [0.3, 0.4) is 0 Å². The summed E-state index contributed by atoms with van der Waals surface area (Å²) in [5.41, 5.74) is 5.47. The van der Waals surface area contributed by atoms with Crippen LogP contribution in [0.1, 0.15) is 32.1 Å². The predicted molar refractivity (Wildman–Crippen MR) is 64.5 cm³/mol. The Morgan fingerprint density at radius 1 is 1.32 bits per heavy atom. The molecule has 4 nitrogen and oxygen atoms in total. The van der Waals surface area contributed by atoms with E-state index in [-0.39, 0.29) is 25.0 Å². The molecule has 19 heavy (non-hydrogen) atoms. The van der Waals surface area contributed by atoms with E-state index in [4.69, 9.17) is 5.73 Å². The van der Waals surface area contributed by atoms with E-state index in [9.17, 15) is 18.0 Å². The van der Waals surface area contributed by atoms with Crippen LogP contribution in [0.25, 0.3) is 0 Å². The van der Waals surface area contributed by atoms with Crippen LogP contribution < -0.4 is 5.73 Å². The molecule has 1 aliphatic carbocycles. The fourth-order valence-electron chi connectivity index (χ4n) is 2.36. The minimum Gasteiger partial charge on any atom is -0.372 e. The van der Waals surface area contributed by atoms with Gasteiger partial charge in [0.15, 0.2) is 0 Å². The number of carbonyl (C=O) groups excluding carboxylic acids is 1. The van der Waals surface area contributed by atoms with Crippen molar-refractivity contribution in [1.29, 1.82) is 0 Å². The van der Waals surface area contributed by atoms with Crippen LogP contribution >= 0.6 is 0 Å². The molecule has 1 aliphatic rings. The lowest BCUT2D eigenvalue weighted by Gasteiger charge is -2.28. The van der Waals surface area contributed by atoms with Crippen molar-refractivity contribution in [2.75, 3.05) is 26.3 Å². The highest BCUT2D eigenvalue weighted by atomic mass is 19.4. The molecule has 0 bridgehead atoms. The number of nitrogens with two attached hydrogens (primary N) is 1. The summed E-state index contributed by atoms with van der Waals surface area (Å²) < 4.78 is 40.1. The molecule has 0 saturated heterocycles. The van der Waals surface area contributed by atoms with E-state index in [2.05, 4.69) is 4.74 Å². The average molecular weight is 282 g/mol. The van der Waals surface area contributed by atoms with Gasteiger partial charge in [0.25, 0.3) is 0 Å². The van der Waals surface area contributed by atoms with Gasteiger partial charge >= 0.3 is 6.18 Å². The standard InChI is InChI=1S/C12H21F3N2O2/c13-12(14,15)9-19-8-5-11(18)17(7-6-16)10-3-1-2-4-10/h10H,1-9,16H2. The Morgan fingerprint density at radius 2 is 1.95 bits per heavy atom. The van der Waals surface area contributed by atoms with Crippen molar-refractivity contribution in [2.24, 2.45) is 5.73 Å². The van der Waals surface area contributed by atoms with Gasteiger partial charge < -0.3 is 15.4 Å². The lowest BCUT2D eigenvalue weighted by molar-refractivity contribution is -0.175. The van der Waals surface area contributed by atoms with E-state index in [0.29, 0.717) is 13.1 Å². The van der Waals surface area contributed by atoms with Gasteiger partial charge in [-0.3, -0.25) is 4.79 Å². The van der Waals surface area contributed by atoms with Crippen molar-refractivity contribution in [2.45, 2.75) is 44.3 Å². The molecule has 0 unspecified atom stereocenters. The van der Waals surface area contributed by atoms with Crippen molar-refractivity contribution in [3.05, 3.63) is 0 Å². The second kappa shape index (κ2) is 7.69. The van der Waals surface area contributed by atoms with Gasteiger partial charge in [-0.15, -0.1) is 0 Å². The summed E-state index contributed by atoms with van der Waals surface area (Å²) in [5.74, 6) is -0.167. The smallest absolute Gasteiger partial charge is 0.372 e. The van der Waals surface area contributed by atoms with Gasteiger partial charge in [0.1, 0.15) is 6.61 Å². The van der Waals surface area contributed by atoms with Gasteiger partial charge in [0.05, 0.1) is 13.0 Å². The second-order valence-corrected chi connectivity index (χ2v) is 4.73. The van der Waals surface area contributed by atoms with Crippen molar-refractivity contribution < 1.29 is 22.7 Å². The molecule has 0 aromatic rings. The first kappa shape index (κ1) is 16.2. The fourth-order valence-corrected chi connectivity index (χ4v) is 2.36. The summed E-state index contributed by atoms with van der Waals surface area (Å²) in [4.78, 5) is 13.7. The van der Waals surface area contributed by atoms with Gasteiger partial charge in [-0.1, -0.05) is 12.8 Å². The highest BCUT2D eigenvalue weighted by Crippen LogP contribution is 2.23. The molecule has 7 heteroatoms. The van der Waals surface area contributed by atoms with Crippen LogP contribution in [0.4, 0.5) is 13.2 Å². The second-order valence-electron chi connectivity index (χ2n) is 4.73. The first-order valence-corrected chi connectivity index (χ1v) is 6.58. The minimum atomic E-state index is -4.34. The molecule has 0 aromatic heterocycles. The van der Waals surface area contributed by atoms with Crippen LogP contribution in [0.2, 0.25) is 0 Å². The molecular weight excluding hydrogens is 261 g/mol. The van der Waals surface area contributed by atoms with E-state index in [1.165, 1.54) is 0 Å². The molecule has 0 heterocycles. The fraction of sp³-hybridized carbons (Fsp3) is 0.917. The average Bonchev–Trinajstić information content (AvgIpc) is 2.83. The van der Waals surface area contributed by atoms with Crippen molar-refractivity contribution in [3.8, 4) is 0 Å². The number of nitrogens with zero attached hydrogens (tertiary/aromatic N) is 1.